The number of hydrogen-bond acceptors (Lipinski definition) is 3. The molecule has 1 atom stereocenters. The van der Waals surface area contributed by atoms with Crippen molar-refractivity contribution in [3.63, 3.8) is 0 Å². The molecule has 74 valence electrons. The molecule has 1 heterocycles. The third-order valence-corrected chi connectivity index (χ3v) is 2.34. The van der Waals surface area contributed by atoms with Crippen molar-refractivity contribution in [1.29, 1.82) is 0 Å². The van der Waals surface area contributed by atoms with Gasteiger partial charge in [-0.15, -0.1) is 5.10 Å². The van der Waals surface area contributed by atoms with E-state index in [1.54, 1.807) is 0 Å². The fourth-order valence-electron chi connectivity index (χ4n) is 1.52. The molecule has 0 saturated heterocycles. The quantitative estimate of drug-likeness (QED) is 0.797. The Bertz CT molecular complexity index is 424. The molecule has 0 aliphatic rings. The highest BCUT2D eigenvalue weighted by Crippen LogP contribution is 2.16. The maximum absolute atomic E-state index is 8.85. The van der Waals surface area contributed by atoms with Gasteiger partial charge in [0.1, 0.15) is 5.52 Å². The third-order valence-electron chi connectivity index (χ3n) is 2.34. The Morgan fingerprint density at radius 3 is 3.00 bits per heavy atom. The van der Waals surface area contributed by atoms with Crippen molar-refractivity contribution < 1.29 is 5.11 Å². The summed E-state index contributed by atoms with van der Waals surface area (Å²) in [6.07, 6.45) is 0.702. The number of benzene rings is 1. The van der Waals surface area contributed by atoms with Gasteiger partial charge in [-0.25, -0.2) is 4.68 Å². The van der Waals surface area contributed by atoms with E-state index < -0.39 is 0 Å². The Morgan fingerprint density at radius 1 is 1.43 bits per heavy atom. The van der Waals surface area contributed by atoms with Gasteiger partial charge in [0.15, 0.2) is 0 Å². The van der Waals surface area contributed by atoms with E-state index in [1.807, 2.05) is 35.9 Å². The lowest BCUT2D eigenvalue weighted by atomic mass is 10.2. The molecule has 14 heavy (non-hydrogen) atoms. The minimum Gasteiger partial charge on any atom is -0.396 e. The van der Waals surface area contributed by atoms with Crippen LogP contribution in [0.3, 0.4) is 0 Å². The molecular weight excluding hydrogens is 178 g/mol. The van der Waals surface area contributed by atoms with E-state index in [0.29, 0.717) is 6.42 Å². The van der Waals surface area contributed by atoms with Crippen LogP contribution < -0.4 is 0 Å². The Morgan fingerprint density at radius 2 is 2.21 bits per heavy atom. The van der Waals surface area contributed by atoms with Gasteiger partial charge in [-0.1, -0.05) is 17.3 Å². The lowest BCUT2D eigenvalue weighted by Crippen LogP contribution is -2.08. The second-order valence-corrected chi connectivity index (χ2v) is 3.38. The number of rotatable bonds is 3. The molecule has 0 aliphatic heterocycles. The number of hydrogen-bond donors (Lipinski definition) is 1. The summed E-state index contributed by atoms with van der Waals surface area (Å²) in [4.78, 5) is 0. The Hall–Kier alpha value is -1.42. The molecule has 1 aromatic heterocycles. The standard InChI is InChI=1S/C10H13N3O/c1-8(6-7-14)13-10-5-3-2-4-9(10)11-12-13/h2-5,8,14H,6-7H2,1H3. The zero-order chi connectivity index (χ0) is 9.97. The molecule has 0 saturated carbocycles. The van der Waals surface area contributed by atoms with Crippen LogP contribution in [-0.2, 0) is 0 Å². The Balaban J connectivity index is 2.42. The largest absolute Gasteiger partial charge is 0.396 e. The maximum Gasteiger partial charge on any atom is 0.113 e. The highest BCUT2D eigenvalue weighted by Gasteiger charge is 2.09. The van der Waals surface area contributed by atoms with Crippen LogP contribution in [0.4, 0.5) is 0 Å². The van der Waals surface area contributed by atoms with Crippen LogP contribution in [0.15, 0.2) is 24.3 Å². The zero-order valence-corrected chi connectivity index (χ0v) is 8.09. The summed E-state index contributed by atoms with van der Waals surface area (Å²) < 4.78 is 1.85. The lowest BCUT2D eigenvalue weighted by Gasteiger charge is -2.09. The van der Waals surface area contributed by atoms with Gasteiger partial charge in [-0.05, 0) is 25.5 Å². The monoisotopic (exact) mass is 191 g/mol. The van der Waals surface area contributed by atoms with Crippen LogP contribution in [0.25, 0.3) is 11.0 Å². The van der Waals surface area contributed by atoms with Crippen molar-refractivity contribution in [3.05, 3.63) is 24.3 Å². The van der Waals surface area contributed by atoms with E-state index in [0.717, 1.165) is 11.0 Å². The highest BCUT2D eigenvalue weighted by molar-refractivity contribution is 5.73. The predicted octanol–water partition coefficient (Wildman–Crippen LogP) is 1.37. The molecule has 4 nitrogen and oxygen atoms in total. The van der Waals surface area contributed by atoms with Gasteiger partial charge in [0.25, 0.3) is 0 Å². The minimum atomic E-state index is 0.176. The van der Waals surface area contributed by atoms with Crippen molar-refractivity contribution in [2.24, 2.45) is 0 Å². The number of nitrogens with zero attached hydrogens (tertiary/aromatic N) is 3. The molecule has 4 heteroatoms. The first-order chi connectivity index (χ1) is 6.83. The van der Waals surface area contributed by atoms with Gasteiger partial charge < -0.3 is 5.11 Å². The molecule has 0 aliphatic carbocycles. The zero-order valence-electron chi connectivity index (χ0n) is 8.09. The van der Waals surface area contributed by atoms with E-state index in [4.69, 9.17) is 5.11 Å². The average Bonchev–Trinajstić information content (AvgIpc) is 2.61. The first-order valence-electron chi connectivity index (χ1n) is 4.73. The van der Waals surface area contributed by atoms with Crippen molar-refractivity contribution in [1.82, 2.24) is 15.0 Å². The lowest BCUT2D eigenvalue weighted by molar-refractivity contribution is 0.258. The number of aliphatic hydroxyl groups is 1. The Kier molecular flexibility index (Phi) is 2.45. The average molecular weight is 191 g/mol. The molecule has 2 rings (SSSR count). The first kappa shape index (κ1) is 9.15. The predicted molar refractivity (Wildman–Crippen MR) is 53.9 cm³/mol. The van der Waals surface area contributed by atoms with Crippen molar-refractivity contribution in [3.8, 4) is 0 Å². The van der Waals surface area contributed by atoms with Gasteiger partial charge in [-0.3, -0.25) is 0 Å². The maximum atomic E-state index is 8.85. The van der Waals surface area contributed by atoms with Crippen molar-refractivity contribution >= 4 is 11.0 Å². The second kappa shape index (κ2) is 3.75. The van der Waals surface area contributed by atoms with E-state index >= 15 is 0 Å². The fraction of sp³-hybridized carbons (Fsp3) is 0.400. The summed E-state index contributed by atoms with van der Waals surface area (Å²) in [5, 5.41) is 17.0. The number of para-hydroxylation sites is 1. The molecule has 1 unspecified atom stereocenters. The third kappa shape index (κ3) is 1.48. The van der Waals surface area contributed by atoms with Crippen LogP contribution in [0, 0.1) is 0 Å². The van der Waals surface area contributed by atoms with E-state index in [1.165, 1.54) is 0 Å². The summed E-state index contributed by atoms with van der Waals surface area (Å²) in [5.41, 5.74) is 1.92. The molecule has 0 fully saturated rings. The van der Waals surface area contributed by atoms with Crippen LogP contribution in [-0.4, -0.2) is 26.7 Å². The van der Waals surface area contributed by atoms with Crippen LogP contribution >= 0.6 is 0 Å². The molecular formula is C10H13N3O. The van der Waals surface area contributed by atoms with Crippen LogP contribution in [0.5, 0.6) is 0 Å². The molecule has 1 aromatic carbocycles. The second-order valence-electron chi connectivity index (χ2n) is 3.38. The number of aromatic nitrogens is 3. The van der Waals surface area contributed by atoms with Gasteiger partial charge >= 0.3 is 0 Å². The SMILES string of the molecule is CC(CCO)n1nnc2ccccc21. The molecule has 1 N–H and O–H groups in total. The molecule has 0 radical (unpaired) electrons. The van der Waals surface area contributed by atoms with Gasteiger partial charge in [0, 0.05) is 6.61 Å². The molecule has 2 aromatic rings. The number of aliphatic hydroxyl groups excluding tert-OH is 1. The fourth-order valence-corrected chi connectivity index (χ4v) is 1.52. The molecule has 0 amide bonds. The smallest absolute Gasteiger partial charge is 0.113 e. The summed E-state index contributed by atoms with van der Waals surface area (Å²) >= 11 is 0. The van der Waals surface area contributed by atoms with Crippen LogP contribution in [0.2, 0.25) is 0 Å². The Labute approximate surface area is 82.2 Å². The van der Waals surface area contributed by atoms with Gasteiger partial charge in [0.05, 0.1) is 11.6 Å². The normalized spacial score (nSPS) is 13.3. The minimum absolute atomic E-state index is 0.176. The number of fused-ring (bicyclic) bond motifs is 1. The summed E-state index contributed by atoms with van der Waals surface area (Å²) in [6, 6.07) is 8.02. The molecule has 0 spiro atoms. The molecule has 0 bridgehead atoms. The van der Waals surface area contributed by atoms with Crippen LogP contribution in [0.1, 0.15) is 19.4 Å². The topological polar surface area (TPSA) is 50.9 Å². The first-order valence-corrected chi connectivity index (χ1v) is 4.73. The highest BCUT2D eigenvalue weighted by atomic mass is 16.3. The van der Waals surface area contributed by atoms with Gasteiger partial charge in [-0.2, -0.15) is 0 Å². The van der Waals surface area contributed by atoms with Crippen molar-refractivity contribution in [2.45, 2.75) is 19.4 Å². The van der Waals surface area contributed by atoms with Gasteiger partial charge in [0.2, 0.25) is 0 Å². The summed E-state index contributed by atoms with van der Waals surface area (Å²) in [6.45, 7) is 2.20. The van der Waals surface area contributed by atoms with Crippen molar-refractivity contribution in [2.75, 3.05) is 6.61 Å². The summed E-state index contributed by atoms with van der Waals surface area (Å²) in [5.74, 6) is 0. The van der Waals surface area contributed by atoms with E-state index in [2.05, 4.69) is 10.3 Å². The van der Waals surface area contributed by atoms with E-state index in [9.17, 15) is 0 Å². The summed E-state index contributed by atoms with van der Waals surface area (Å²) in [7, 11) is 0. The van der Waals surface area contributed by atoms with E-state index in [-0.39, 0.29) is 12.6 Å².